The molecule has 2 N–H and O–H groups in total. The van der Waals surface area contributed by atoms with Crippen molar-refractivity contribution in [2.75, 3.05) is 31.5 Å². The zero-order chi connectivity index (χ0) is 14.7. The van der Waals surface area contributed by atoms with Crippen LogP contribution in [0.15, 0.2) is 24.3 Å². The molecule has 1 saturated carbocycles. The first-order valence-electron chi connectivity index (χ1n) is 7.79. The van der Waals surface area contributed by atoms with Gasteiger partial charge in [0.05, 0.1) is 12.2 Å². The van der Waals surface area contributed by atoms with Crippen molar-refractivity contribution in [2.24, 2.45) is 0 Å². The van der Waals surface area contributed by atoms with Gasteiger partial charge in [-0.15, -0.1) is 0 Å². The van der Waals surface area contributed by atoms with Gasteiger partial charge >= 0.3 is 0 Å². The maximum atomic E-state index is 12.2. The zero-order valence-electron chi connectivity index (χ0n) is 12.5. The molecule has 3 rings (SSSR count). The number of carbonyl (C=O) groups excluding carboxylic acids is 1. The summed E-state index contributed by atoms with van der Waals surface area (Å²) < 4.78 is 5.75. The predicted octanol–water partition coefficient (Wildman–Crippen LogP) is 1.46. The molecular formula is C16H23N3O2. The number of likely N-dealkylation sites (N-methyl/N-ethyl adjacent to an activating group) is 1. The van der Waals surface area contributed by atoms with Crippen LogP contribution in [0.1, 0.15) is 19.8 Å². The second kappa shape index (κ2) is 6.35. The van der Waals surface area contributed by atoms with Crippen LogP contribution in [0.2, 0.25) is 0 Å². The topological polar surface area (TPSA) is 53.6 Å². The van der Waals surface area contributed by atoms with E-state index >= 15 is 0 Å². The first-order chi connectivity index (χ1) is 10.3. The molecule has 0 aromatic heterocycles. The van der Waals surface area contributed by atoms with Gasteiger partial charge in [0, 0.05) is 19.1 Å². The van der Waals surface area contributed by atoms with E-state index in [1.165, 1.54) is 12.8 Å². The monoisotopic (exact) mass is 289 g/mol. The molecule has 21 heavy (non-hydrogen) atoms. The molecule has 1 atom stereocenters. The lowest BCUT2D eigenvalue weighted by molar-refractivity contribution is -0.127. The Bertz CT molecular complexity index is 502. The van der Waals surface area contributed by atoms with E-state index in [4.69, 9.17) is 4.74 Å². The van der Waals surface area contributed by atoms with Crippen LogP contribution in [0.3, 0.4) is 0 Å². The minimum absolute atomic E-state index is 0.0381. The van der Waals surface area contributed by atoms with Gasteiger partial charge in [-0.1, -0.05) is 19.1 Å². The van der Waals surface area contributed by atoms with Gasteiger partial charge in [-0.3, -0.25) is 9.69 Å². The van der Waals surface area contributed by atoms with Gasteiger partial charge in [-0.05, 0) is 31.5 Å². The standard InChI is InChI=1S/C16H23N3O2/c1-2-19(12-7-8-12)10-9-17-16(20)15-11-18-13-5-3-4-6-14(13)21-15/h3-6,12,15,18H,2,7-11H2,1H3,(H,17,20). The van der Waals surface area contributed by atoms with Crippen molar-refractivity contribution in [3.8, 4) is 5.75 Å². The lowest BCUT2D eigenvalue weighted by Crippen LogP contribution is -2.46. The average molecular weight is 289 g/mol. The number of carbonyl (C=O) groups is 1. The molecule has 114 valence electrons. The number of nitrogens with zero attached hydrogens (tertiary/aromatic N) is 1. The summed E-state index contributed by atoms with van der Waals surface area (Å²) in [6.07, 6.45) is 2.15. The first kappa shape index (κ1) is 14.2. The van der Waals surface area contributed by atoms with Crippen LogP contribution in [0.25, 0.3) is 0 Å². The van der Waals surface area contributed by atoms with Crippen LogP contribution in [-0.2, 0) is 4.79 Å². The van der Waals surface area contributed by atoms with E-state index in [2.05, 4.69) is 22.5 Å². The Morgan fingerprint density at radius 2 is 2.24 bits per heavy atom. The molecule has 1 aliphatic carbocycles. The number of nitrogens with one attached hydrogen (secondary N) is 2. The van der Waals surface area contributed by atoms with Crippen molar-refractivity contribution in [2.45, 2.75) is 31.9 Å². The fraction of sp³-hybridized carbons (Fsp3) is 0.562. The lowest BCUT2D eigenvalue weighted by atomic mass is 10.2. The average Bonchev–Trinajstić information content (AvgIpc) is 3.35. The molecular weight excluding hydrogens is 266 g/mol. The van der Waals surface area contributed by atoms with Crippen LogP contribution in [0.5, 0.6) is 5.75 Å². The molecule has 5 heteroatoms. The highest BCUT2D eigenvalue weighted by Crippen LogP contribution is 2.28. The summed E-state index contributed by atoms with van der Waals surface area (Å²) in [7, 11) is 0. The number of hydrogen-bond acceptors (Lipinski definition) is 4. The summed E-state index contributed by atoms with van der Waals surface area (Å²) in [6, 6.07) is 8.44. The Labute approximate surface area is 125 Å². The van der Waals surface area contributed by atoms with Gasteiger partial charge in [0.15, 0.2) is 6.10 Å². The Balaban J connectivity index is 1.46. The van der Waals surface area contributed by atoms with Crippen LogP contribution < -0.4 is 15.4 Å². The Morgan fingerprint density at radius 1 is 1.43 bits per heavy atom. The van der Waals surface area contributed by atoms with Crippen LogP contribution in [0, 0.1) is 0 Å². The molecule has 0 radical (unpaired) electrons. The van der Waals surface area contributed by atoms with Crippen LogP contribution in [-0.4, -0.2) is 49.1 Å². The molecule has 5 nitrogen and oxygen atoms in total. The van der Waals surface area contributed by atoms with Crippen molar-refractivity contribution in [1.82, 2.24) is 10.2 Å². The molecule has 1 unspecified atom stereocenters. The fourth-order valence-electron chi connectivity index (χ4n) is 2.73. The van der Waals surface area contributed by atoms with Gasteiger partial charge in [-0.25, -0.2) is 0 Å². The van der Waals surface area contributed by atoms with Crippen LogP contribution >= 0.6 is 0 Å². The highest BCUT2D eigenvalue weighted by molar-refractivity contribution is 5.83. The van der Waals surface area contributed by atoms with Crippen molar-refractivity contribution in [3.05, 3.63) is 24.3 Å². The molecule has 1 amide bonds. The zero-order valence-corrected chi connectivity index (χ0v) is 12.5. The first-order valence-corrected chi connectivity index (χ1v) is 7.79. The van der Waals surface area contributed by atoms with Gasteiger partial charge in [0.2, 0.25) is 0 Å². The minimum Gasteiger partial charge on any atom is -0.477 e. The van der Waals surface area contributed by atoms with Crippen molar-refractivity contribution in [1.29, 1.82) is 0 Å². The number of rotatable bonds is 6. The van der Waals surface area contributed by atoms with E-state index in [1.54, 1.807) is 0 Å². The molecule has 1 aliphatic heterocycles. The van der Waals surface area contributed by atoms with E-state index in [9.17, 15) is 4.79 Å². The van der Waals surface area contributed by atoms with E-state index in [-0.39, 0.29) is 5.91 Å². The molecule has 1 aromatic rings. The fourth-order valence-corrected chi connectivity index (χ4v) is 2.73. The molecule has 2 aliphatic rings. The number of anilines is 1. The number of ether oxygens (including phenoxy) is 1. The lowest BCUT2D eigenvalue weighted by Gasteiger charge is -2.27. The van der Waals surface area contributed by atoms with E-state index < -0.39 is 6.10 Å². The second-order valence-corrected chi connectivity index (χ2v) is 5.63. The summed E-state index contributed by atoms with van der Waals surface area (Å²) in [5.41, 5.74) is 0.951. The molecule has 0 bridgehead atoms. The smallest absolute Gasteiger partial charge is 0.262 e. The minimum atomic E-state index is -0.448. The Kier molecular flexibility index (Phi) is 4.29. The maximum Gasteiger partial charge on any atom is 0.262 e. The quantitative estimate of drug-likeness (QED) is 0.832. The number of hydrogen-bond donors (Lipinski definition) is 2. The molecule has 1 aromatic carbocycles. The largest absolute Gasteiger partial charge is 0.477 e. The summed E-state index contributed by atoms with van der Waals surface area (Å²) in [5, 5.41) is 6.22. The number of fused-ring (bicyclic) bond motifs is 1. The van der Waals surface area contributed by atoms with Gasteiger partial charge in [-0.2, -0.15) is 0 Å². The molecule has 0 spiro atoms. The number of amides is 1. The van der Waals surface area contributed by atoms with E-state index in [0.717, 1.165) is 30.6 Å². The number of para-hydroxylation sites is 2. The molecule has 0 saturated heterocycles. The Morgan fingerprint density at radius 3 is 3.00 bits per heavy atom. The van der Waals surface area contributed by atoms with Gasteiger partial charge < -0.3 is 15.4 Å². The summed E-state index contributed by atoms with van der Waals surface area (Å²) in [5.74, 6) is 0.709. The normalized spacial score (nSPS) is 20.4. The molecule has 1 fully saturated rings. The van der Waals surface area contributed by atoms with Crippen LogP contribution in [0.4, 0.5) is 5.69 Å². The van der Waals surface area contributed by atoms with E-state index in [1.807, 2.05) is 24.3 Å². The predicted molar refractivity (Wildman–Crippen MR) is 82.6 cm³/mol. The van der Waals surface area contributed by atoms with Crippen molar-refractivity contribution >= 4 is 11.6 Å². The van der Waals surface area contributed by atoms with Gasteiger partial charge in [0.25, 0.3) is 5.91 Å². The Hall–Kier alpha value is -1.75. The third kappa shape index (κ3) is 3.47. The third-order valence-electron chi connectivity index (χ3n) is 4.09. The second-order valence-electron chi connectivity index (χ2n) is 5.63. The summed E-state index contributed by atoms with van der Waals surface area (Å²) >= 11 is 0. The van der Waals surface area contributed by atoms with Crippen molar-refractivity contribution < 1.29 is 9.53 Å². The SMILES string of the molecule is CCN(CCNC(=O)C1CNc2ccccc2O1)C1CC1. The molecule has 1 heterocycles. The van der Waals surface area contributed by atoms with E-state index in [0.29, 0.717) is 13.1 Å². The maximum absolute atomic E-state index is 12.2. The summed E-state index contributed by atoms with van der Waals surface area (Å²) in [4.78, 5) is 14.6. The highest BCUT2D eigenvalue weighted by Gasteiger charge is 2.28. The summed E-state index contributed by atoms with van der Waals surface area (Å²) in [6.45, 7) is 5.35. The third-order valence-corrected chi connectivity index (χ3v) is 4.09. The van der Waals surface area contributed by atoms with Gasteiger partial charge in [0.1, 0.15) is 5.75 Å². The highest BCUT2D eigenvalue weighted by atomic mass is 16.5. The van der Waals surface area contributed by atoms with Crippen molar-refractivity contribution in [3.63, 3.8) is 0 Å². The number of benzene rings is 1.